The topological polar surface area (TPSA) is 77.8 Å². The minimum Gasteiger partial charge on any atom is -0.393 e. The molecule has 120 valence electrons. The van der Waals surface area contributed by atoms with Gasteiger partial charge in [0.05, 0.1) is 12.2 Å². The first-order valence-corrected chi connectivity index (χ1v) is 9.52. The molecule has 2 aromatic rings. The van der Waals surface area contributed by atoms with Crippen molar-refractivity contribution < 1.29 is 18.6 Å². The summed E-state index contributed by atoms with van der Waals surface area (Å²) < 4.78 is 28.3. The first-order chi connectivity index (χ1) is 10.4. The summed E-state index contributed by atoms with van der Waals surface area (Å²) in [6.07, 6.45) is 1.22. The smallest absolute Gasteiger partial charge is 0.252 e. The van der Waals surface area contributed by atoms with Gasteiger partial charge in [-0.15, -0.1) is 11.3 Å². The van der Waals surface area contributed by atoms with Gasteiger partial charge in [-0.3, -0.25) is 0 Å². The van der Waals surface area contributed by atoms with E-state index in [1.54, 1.807) is 6.07 Å². The van der Waals surface area contributed by atoms with Gasteiger partial charge >= 0.3 is 0 Å². The van der Waals surface area contributed by atoms with E-state index in [9.17, 15) is 18.6 Å². The maximum Gasteiger partial charge on any atom is 0.252 e. The number of nitrogens with zero attached hydrogens (tertiary/aromatic N) is 1. The molecule has 1 saturated heterocycles. The third kappa shape index (κ3) is 2.91. The summed E-state index contributed by atoms with van der Waals surface area (Å²) in [5.41, 5.74) is -1.16. The fraction of sp³-hybridized carbons (Fsp3) is 0.467. The van der Waals surface area contributed by atoms with Crippen LogP contribution >= 0.6 is 11.3 Å². The molecule has 5 nitrogen and oxygen atoms in total. The lowest BCUT2D eigenvalue weighted by atomic mass is 9.96. The molecule has 22 heavy (non-hydrogen) atoms. The van der Waals surface area contributed by atoms with Gasteiger partial charge < -0.3 is 10.2 Å². The van der Waals surface area contributed by atoms with Crippen molar-refractivity contribution in [2.75, 3.05) is 19.7 Å². The second-order valence-corrected chi connectivity index (χ2v) is 8.99. The lowest BCUT2D eigenvalue weighted by Gasteiger charge is -2.24. The normalized spacial score (nSPS) is 24.5. The second-order valence-electron chi connectivity index (χ2n) is 5.74. The molecule has 0 spiro atoms. The number of hydrogen-bond donors (Lipinski definition) is 2. The van der Waals surface area contributed by atoms with Crippen LogP contribution in [0.5, 0.6) is 0 Å². The highest BCUT2D eigenvalue weighted by Crippen LogP contribution is 2.32. The third-order valence-corrected chi connectivity index (χ3v) is 7.63. The monoisotopic (exact) mass is 341 g/mol. The van der Waals surface area contributed by atoms with Crippen LogP contribution < -0.4 is 0 Å². The number of rotatable bonds is 3. The van der Waals surface area contributed by atoms with Gasteiger partial charge in [0.2, 0.25) is 0 Å². The van der Waals surface area contributed by atoms with E-state index >= 15 is 0 Å². The molecule has 3 rings (SSSR count). The van der Waals surface area contributed by atoms with E-state index < -0.39 is 15.6 Å². The van der Waals surface area contributed by atoms with Crippen LogP contribution in [-0.2, 0) is 10.0 Å². The van der Waals surface area contributed by atoms with Crippen molar-refractivity contribution in [1.29, 1.82) is 0 Å². The van der Waals surface area contributed by atoms with Crippen molar-refractivity contribution in [3.63, 3.8) is 0 Å². The van der Waals surface area contributed by atoms with Gasteiger partial charge in [0.15, 0.2) is 0 Å². The lowest BCUT2D eigenvalue weighted by molar-refractivity contribution is -0.0243. The van der Waals surface area contributed by atoms with Gasteiger partial charge in [0.25, 0.3) is 10.0 Å². The molecule has 0 radical (unpaired) electrons. The van der Waals surface area contributed by atoms with Gasteiger partial charge in [0.1, 0.15) is 4.21 Å². The summed E-state index contributed by atoms with van der Waals surface area (Å²) in [7, 11) is -3.55. The highest BCUT2D eigenvalue weighted by Gasteiger charge is 2.34. The number of aliphatic hydroxyl groups excluding tert-OH is 1. The van der Waals surface area contributed by atoms with Crippen LogP contribution in [0.2, 0.25) is 0 Å². The zero-order valence-electron chi connectivity index (χ0n) is 12.1. The molecule has 1 aromatic heterocycles. The molecule has 1 atom stereocenters. The van der Waals surface area contributed by atoms with E-state index in [-0.39, 0.29) is 19.6 Å². The molecule has 1 aromatic carbocycles. The number of aliphatic hydroxyl groups is 2. The van der Waals surface area contributed by atoms with Crippen molar-refractivity contribution in [1.82, 2.24) is 4.31 Å². The van der Waals surface area contributed by atoms with Crippen molar-refractivity contribution in [2.45, 2.75) is 29.1 Å². The summed E-state index contributed by atoms with van der Waals surface area (Å²) in [6.45, 7) is 0.274. The van der Waals surface area contributed by atoms with Crippen molar-refractivity contribution in [3.05, 3.63) is 30.3 Å². The Labute approximate surface area is 133 Å². The molecule has 2 N–H and O–H groups in total. The van der Waals surface area contributed by atoms with E-state index in [1.165, 1.54) is 15.6 Å². The maximum atomic E-state index is 12.8. The average molecular weight is 341 g/mol. The molecule has 7 heteroatoms. The zero-order valence-corrected chi connectivity index (χ0v) is 13.7. The molecule has 2 heterocycles. The van der Waals surface area contributed by atoms with Gasteiger partial charge in [-0.05, 0) is 36.8 Å². The van der Waals surface area contributed by atoms with E-state index in [2.05, 4.69) is 0 Å². The Morgan fingerprint density at radius 3 is 2.73 bits per heavy atom. The Kier molecular flexibility index (Phi) is 4.26. The van der Waals surface area contributed by atoms with Crippen LogP contribution in [0.25, 0.3) is 10.1 Å². The molecule has 0 bridgehead atoms. The fourth-order valence-electron chi connectivity index (χ4n) is 2.76. The number of fused-ring (bicyclic) bond motifs is 1. The van der Waals surface area contributed by atoms with Crippen LogP contribution in [0.4, 0.5) is 0 Å². The predicted molar refractivity (Wildman–Crippen MR) is 86.5 cm³/mol. The highest BCUT2D eigenvalue weighted by molar-refractivity contribution is 7.91. The maximum absolute atomic E-state index is 12.8. The summed E-state index contributed by atoms with van der Waals surface area (Å²) in [5, 5.41) is 20.3. The molecule has 0 aliphatic carbocycles. The minimum atomic E-state index is -3.55. The molecule has 1 aliphatic heterocycles. The van der Waals surface area contributed by atoms with E-state index in [4.69, 9.17) is 0 Å². The first kappa shape index (κ1) is 15.9. The molecular formula is C15H19NO4S2. The van der Waals surface area contributed by atoms with Crippen LogP contribution in [0.1, 0.15) is 19.3 Å². The van der Waals surface area contributed by atoms with E-state index in [1.807, 2.05) is 24.3 Å². The average Bonchev–Trinajstić information content (AvgIpc) is 2.85. The van der Waals surface area contributed by atoms with Crippen LogP contribution in [-0.4, -0.2) is 48.2 Å². The first-order valence-electron chi connectivity index (χ1n) is 7.27. The summed E-state index contributed by atoms with van der Waals surface area (Å²) in [5.74, 6) is 0. The number of hydrogen-bond acceptors (Lipinski definition) is 5. The summed E-state index contributed by atoms with van der Waals surface area (Å²) >= 11 is 1.27. The standard InChI is InChI=1S/C15H19NO4S2/c17-11-15(18)6-3-8-16(9-7-15)22(19,20)14-10-12-4-1-2-5-13(12)21-14/h1-2,4-5,10,17-18H,3,6-9,11H2/t15-/m1/s1. The summed E-state index contributed by atoms with van der Waals surface area (Å²) in [6, 6.07) is 9.30. The van der Waals surface area contributed by atoms with E-state index in [0.29, 0.717) is 23.6 Å². The lowest BCUT2D eigenvalue weighted by Crippen LogP contribution is -2.36. The Morgan fingerprint density at radius 1 is 1.23 bits per heavy atom. The van der Waals surface area contributed by atoms with Crippen molar-refractivity contribution in [2.24, 2.45) is 0 Å². The fourth-order valence-corrected chi connectivity index (χ4v) is 5.80. The van der Waals surface area contributed by atoms with Gasteiger partial charge in [-0.25, -0.2) is 8.42 Å². The Balaban J connectivity index is 1.89. The summed E-state index contributed by atoms with van der Waals surface area (Å²) in [4.78, 5) is 0. The molecule has 1 fully saturated rings. The number of benzene rings is 1. The molecule has 0 unspecified atom stereocenters. The quantitative estimate of drug-likeness (QED) is 0.892. The molecule has 1 aliphatic rings. The van der Waals surface area contributed by atoms with Gasteiger partial charge in [0, 0.05) is 17.8 Å². The number of thiophene rings is 1. The Morgan fingerprint density at radius 2 is 2.00 bits per heavy atom. The molecule has 0 amide bonds. The second kappa shape index (κ2) is 5.90. The van der Waals surface area contributed by atoms with Gasteiger partial charge in [-0.2, -0.15) is 4.31 Å². The third-order valence-electron chi connectivity index (χ3n) is 4.17. The minimum absolute atomic E-state index is 0.230. The zero-order chi connectivity index (χ0) is 15.8. The van der Waals surface area contributed by atoms with Crippen LogP contribution in [0.3, 0.4) is 0 Å². The largest absolute Gasteiger partial charge is 0.393 e. The van der Waals surface area contributed by atoms with Gasteiger partial charge in [-0.1, -0.05) is 18.2 Å². The highest BCUT2D eigenvalue weighted by atomic mass is 32.2. The SMILES string of the molecule is O=S(=O)(c1cc2ccccc2s1)N1CCC[C@](O)(CO)CC1. The molecule has 0 saturated carbocycles. The van der Waals surface area contributed by atoms with Crippen LogP contribution in [0, 0.1) is 0 Å². The van der Waals surface area contributed by atoms with Crippen molar-refractivity contribution in [3.8, 4) is 0 Å². The number of sulfonamides is 1. The van der Waals surface area contributed by atoms with Crippen LogP contribution in [0.15, 0.2) is 34.5 Å². The Hall–Kier alpha value is -0.990. The Bertz CT molecular complexity index is 738. The predicted octanol–water partition coefficient (Wildman–Crippen LogP) is 1.80. The molecular weight excluding hydrogens is 322 g/mol. The van der Waals surface area contributed by atoms with Crippen molar-refractivity contribution >= 4 is 31.4 Å². The van der Waals surface area contributed by atoms with E-state index in [0.717, 1.165) is 10.1 Å².